The van der Waals surface area contributed by atoms with E-state index in [9.17, 15) is 9.59 Å². The lowest BCUT2D eigenvalue weighted by atomic mass is 10.0. The Labute approximate surface area is 140 Å². The third-order valence-corrected chi connectivity index (χ3v) is 4.82. The average Bonchev–Trinajstić information content (AvgIpc) is 3.00. The maximum absolute atomic E-state index is 12.8. The summed E-state index contributed by atoms with van der Waals surface area (Å²) >= 11 is 6.22. The molecule has 6 nitrogen and oxygen atoms in total. The molecular formula is C16H21ClN4O2. The SMILES string of the molecule is NCC1CCCCN1C(=O)c1ccc(Cl)c(N2CCNC2=O)c1. The van der Waals surface area contributed by atoms with Gasteiger partial charge in [-0.1, -0.05) is 11.6 Å². The minimum Gasteiger partial charge on any atom is -0.336 e. The van der Waals surface area contributed by atoms with Crippen molar-refractivity contribution in [2.45, 2.75) is 25.3 Å². The van der Waals surface area contributed by atoms with Crippen LogP contribution in [0.4, 0.5) is 10.5 Å². The van der Waals surface area contributed by atoms with Crippen LogP contribution < -0.4 is 16.0 Å². The molecule has 1 aromatic carbocycles. The van der Waals surface area contributed by atoms with Crippen LogP contribution in [0.25, 0.3) is 0 Å². The number of likely N-dealkylation sites (tertiary alicyclic amines) is 1. The summed E-state index contributed by atoms with van der Waals surface area (Å²) < 4.78 is 0. The van der Waals surface area contributed by atoms with Crippen LogP contribution in [0.5, 0.6) is 0 Å². The van der Waals surface area contributed by atoms with E-state index in [1.807, 2.05) is 4.90 Å². The van der Waals surface area contributed by atoms with E-state index >= 15 is 0 Å². The fourth-order valence-electron chi connectivity index (χ4n) is 3.23. The van der Waals surface area contributed by atoms with Crippen molar-refractivity contribution in [1.82, 2.24) is 10.2 Å². The van der Waals surface area contributed by atoms with E-state index in [0.717, 1.165) is 25.8 Å². The highest BCUT2D eigenvalue weighted by Crippen LogP contribution is 2.29. The minimum atomic E-state index is -0.186. The summed E-state index contributed by atoms with van der Waals surface area (Å²) in [6.45, 7) is 2.32. The molecule has 3 rings (SSSR count). The van der Waals surface area contributed by atoms with Gasteiger partial charge in [-0.25, -0.2) is 4.79 Å². The molecule has 0 bridgehead atoms. The third kappa shape index (κ3) is 3.14. The fraction of sp³-hybridized carbons (Fsp3) is 0.500. The average molecular weight is 337 g/mol. The number of carbonyl (C=O) groups is 2. The number of hydrogen-bond acceptors (Lipinski definition) is 3. The number of amides is 3. The smallest absolute Gasteiger partial charge is 0.322 e. The Morgan fingerprint density at radius 1 is 1.35 bits per heavy atom. The summed E-state index contributed by atoms with van der Waals surface area (Å²) in [5.74, 6) is -0.0438. The van der Waals surface area contributed by atoms with Crippen LogP contribution in [0.2, 0.25) is 5.02 Å². The first-order valence-corrected chi connectivity index (χ1v) is 8.35. The van der Waals surface area contributed by atoms with Gasteiger partial charge in [-0.05, 0) is 37.5 Å². The number of benzene rings is 1. The zero-order chi connectivity index (χ0) is 16.4. The van der Waals surface area contributed by atoms with Gasteiger partial charge in [0, 0.05) is 37.8 Å². The monoisotopic (exact) mass is 336 g/mol. The normalized spacial score (nSPS) is 21.5. The number of anilines is 1. The molecule has 23 heavy (non-hydrogen) atoms. The van der Waals surface area contributed by atoms with Gasteiger partial charge in [0.2, 0.25) is 0 Å². The first-order chi connectivity index (χ1) is 11.1. The number of halogens is 1. The second-order valence-corrected chi connectivity index (χ2v) is 6.34. The molecule has 2 saturated heterocycles. The predicted octanol–water partition coefficient (Wildman–Crippen LogP) is 1.82. The van der Waals surface area contributed by atoms with E-state index in [0.29, 0.717) is 35.9 Å². The Hall–Kier alpha value is -1.79. The van der Waals surface area contributed by atoms with Gasteiger partial charge in [-0.2, -0.15) is 0 Å². The summed E-state index contributed by atoms with van der Waals surface area (Å²) in [4.78, 5) is 28.1. The van der Waals surface area contributed by atoms with Gasteiger partial charge in [0.25, 0.3) is 5.91 Å². The maximum Gasteiger partial charge on any atom is 0.322 e. The van der Waals surface area contributed by atoms with Crippen LogP contribution in [0.1, 0.15) is 29.6 Å². The van der Waals surface area contributed by atoms with Crippen molar-refractivity contribution < 1.29 is 9.59 Å². The third-order valence-electron chi connectivity index (χ3n) is 4.50. The van der Waals surface area contributed by atoms with E-state index in [1.54, 1.807) is 23.1 Å². The molecule has 2 aliphatic heterocycles. The predicted molar refractivity (Wildman–Crippen MR) is 89.9 cm³/mol. The number of nitrogens with two attached hydrogens (primary N) is 1. The number of carbonyl (C=O) groups excluding carboxylic acids is 2. The summed E-state index contributed by atoms with van der Waals surface area (Å²) in [7, 11) is 0. The Morgan fingerprint density at radius 2 is 2.17 bits per heavy atom. The van der Waals surface area contributed by atoms with E-state index < -0.39 is 0 Å². The topological polar surface area (TPSA) is 78.7 Å². The van der Waals surface area contributed by atoms with Crippen molar-refractivity contribution in [3.63, 3.8) is 0 Å². The van der Waals surface area contributed by atoms with Gasteiger partial charge >= 0.3 is 6.03 Å². The molecule has 1 unspecified atom stereocenters. The molecule has 3 N–H and O–H groups in total. The quantitative estimate of drug-likeness (QED) is 0.883. The van der Waals surface area contributed by atoms with E-state index in [1.165, 1.54) is 0 Å². The molecule has 2 fully saturated rings. The Balaban J connectivity index is 1.87. The minimum absolute atomic E-state index is 0.0438. The number of hydrogen-bond donors (Lipinski definition) is 2. The van der Waals surface area contributed by atoms with Crippen molar-refractivity contribution >= 4 is 29.2 Å². The molecule has 0 aromatic heterocycles. The van der Waals surface area contributed by atoms with Gasteiger partial charge in [-0.15, -0.1) is 0 Å². The van der Waals surface area contributed by atoms with Crippen LogP contribution in [0.15, 0.2) is 18.2 Å². The summed E-state index contributed by atoms with van der Waals surface area (Å²) in [6.07, 6.45) is 3.04. The number of rotatable bonds is 3. The van der Waals surface area contributed by atoms with Crippen molar-refractivity contribution in [2.75, 3.05) is 31.1 Å². The second-order valence-electron chi connectivity index (χ2n) is 5.93. The van der Waals surface area contributed by atoms with Crippen molar-refractivity contribution in [3.05, 3.63) is 28.8 Å². The second kappa shape index (κ2) is 6.76. The van der Waals surface area contributed by atoms with Crippen molar-refractivity contribution in [3.8, 4) is 0 Å². The maximum atomic E-state index is 12.8. The van der Waals surface area contributed by atoms with Crippen LogP contribution in [0, 0.1) is 0 Å². The molecule has 2 heterocycles. The molecule has 2 aliphatic rings. The standard InChI is InChI=1S/C16H21ClN4O2/c17-13-5-4-11(9-14(13)21-8-6-19-16(21)23)15(22)20-7-2-1-3-12(20)10-18/h4-5,9,12H,1-3,6-8,10,18H2,(H,19,23). The van der Waals surface area contributed by atoms with Crippen LogP contribution in [0.3, 0.4) is 0 Å². The van der Waals surface area contributed by atoms with Crippen molar-refractivity contribution in [1.29, 1.82) is 0 Å². The van der Waals surface area contributed by atoms with Crippen LogP contribution in [-0.2, 0) is 0 Å². The first kappa shape index (κ1) is 16.1. The number of urea groups is 1. The van der Waals surface area contributed by atoms with Crippen LogP contribution >= 0.6 is 11.6 Å². The molecule has 0 radical (unpaired) electrons. The van der Waals surface area contributed by atoms with Gasteiger partial charge in [-0.3, -0.25) is 9.69 Å². The Kier molecular flexibility index (Phi) is 4.73. The molecule has 1 aromatic rings. The van der Waals surface area contributed by atoms with Gasteiger partial charge < -0.3 is 16.0 Å². The highest BCUT2D eigenvalue weighted by atomic mass is 35.5. The summed E-state index contributed by atoms with van der Waals surface area (Å²) in [6, 6.07) is 5.00. The molecule has 0 spiro atoms. The van der Waals surface area contributed by atoms with Gasteiger partial charge in [0.1, 0.15) is 0 Å². The number of nitrogens with one attached hydrogen (secondary N) is 1. The molecule has 1 atom stereocenters. The molecule has 124 valence electrons. The molecular weight excluding hydrogens is 316 g/mol. The molecule has 0 aliphatic carbocycles. The zero-order valence-corrected chi connectivity index (χ0v) is 13.7. The fourth-order valence-corrected chi connectivity index (χ4v) is 3.45. The summed E-state index contributed by atoms with van der Waals surface area (Å²) in [5, 5.41) is 3.21. The van der Waals surface area contributed by atoms with Gasteiger partial charge in [0.05, 0.1) is 10.7 Å². The molecule has 3 amide bonds. The highest BCUT2D eigenvalue weighted by Gasteiger charge is 2.28. The zero-order valence-electron chi connectivity index (χ0n) is 12.9. The Morgan fingerprint density at radius 3 is 2.87 bits per heavy atom. The lowest BCUT2D eigenvalue weighted by Gasteiger charge is -2.35. The largest absolute Gasteiger partial charge is 0.336 e. The van der Waals surface area contributed by atoms with E-state index in [2.05, 4.69) is 5.32 Å². The van der Waals surface area contributed by atoms with Crippen molar-refractivity contribution in [2.24, 2.45) is 5.73 Å². The molecule has 7 heteroatoms. The highest BCUT2D eigenvalue weighted by molar-refractivity contribution is 6.34. The van der Waals surface area contributed by atoms with Gasteiger partial charge in [0.15, 0.2) is 0 Å². The van der Waals surface area contributed by atoms with E-state index in [-0.39, 0.29) is 18.0 Å². The van der Waals surface area contributed by atoms with Crippen LogP contribution in [-0.4, -0.2) is 49.1 Å². The lowest BCUT2D eigenvalue weighted by molar-refractivity contribution is 0.0623. The summed E-state index contributed by atoms with van der Waals surface area (Å²) in [5.41, 5.74) is 6.93. The number of piperidine rings is 1. The first-order valence-electron chi connectivity index (χ1n) is 7.98. The Bertz CT molecular complexity index is 622. The number of nitrogens with zero attached hydrogens (tertiary/aromatic N) is 2. The lowest BCUT2D eigenvalue weighted by Crippen LogP contribution is -2.47. The molecule has 0 saturated carbocycles. The van der Waals surface area contributed by atoms with E-state index in [4.69, 9.17) is 17.3 Å².